The number of amides is 1. The zero-order chi connectivity index (χ0) is 23.4. The molecule has 0 aliphatic heterocycles. The monoisotopic (exact) mass is 501 g/mol. The van der Waals surface area contributed by atoms with Gasteiger partial charge in [0.1, 0.15) is 23.4 Å². The normalized spacial score (nSPS) is 13.2. The first-order valence-electron chi connectivity index (χ1n) is 10.7. The maximum atomic E-state index is 12.6. The molecule has 172 valence electrons. The first kappa shape index (κ1) is 23.6. The summed E-state index contributed by atoms with van der Waals surface area (Å²) in [6.45, 7) is 2.18. The number of carbonyl (C=O) groups excluding carboxylic acids is 1. The molecule has 0 radical (unpaired) electrons. The van der Waals surface area contributed by atoms with Crippen molar-refractivity contribution in [3.05, 3.63) is 50.6 Å². The van der Waals surface area contributed by atoms with Crippen molar-refractivity contribution in [1.29, 1.82) is 5.26 Å². The number of aromatic nitrogens is 3. The van der Waals surface area contributed by atoms with E-state index in [0.717, 1.165) is 36.8 Å². The van der Waals surface area contributed by atoms with Crippen molar-refractivity contribution in [3.63, 3.8) is 0 Å². The highest BCUT2D eigenvalue weighted by Gasteiger charge is 2.21. The number of nitrogens with zero attached hydrogens (tertiary/aromatic N) is 4. The zero-order valence-corrected chi connectivity index (χ0v) is 20.9. The van der Waals surface area contributed by atoms with Gasteiger partial charge in [-0.25, -0.2) is 0 Å². The Morgan fingerprint density at radius 1 is 1.33 bits per heavy atom. The van der Waals surface area contributed by atoms with Gasteiger partial charge in [0.25, 0.3) is 0 Å². The third-order valence-electron chi connectivity index (χ3n) is 5.49. The van der Waals surface area contributed by atoms with Crippen LogP contribution in [0.4, 0.5) is 5.00 Å². The summed E-state index contributed by atoms with van der Waals surface area (Å²) in [5.74, 6) is 1.23. The second-order valence-corrected chi connectivity index (χ2v) is 10.4. The second kappa shape index (κ2) is 10.6. The van der Waals surface area contributed by atoms with Gasteiger partial charge in [0.05, 0.1) is 16.3 Å². The molecule has 7 nitrogen and oxygen atoms in total. The van der Waals surface area contributed by atoms with Gasteiger partial charge in [-0.1, -0.05) is 35.9 Å². The Morgan fingerprint density at radius 3 is 2.97 bits per heavy atom. The van der Waals surface area contributed by atoms with Crippen LogP contribution in [0, 0.1) is 18.3 Å². The minimum absolute atomic E-state index is 0.166. The number of nitrogens with one attached hydrogen (secondary N) is 1. The molecule has 2 heterocycles. The topological polar surface area (TPSA) is 92.8 Å². The van der Waals surface area contributed by atoms with Crippen LogP contribution in [0.1, 0.15) is 46.7 Å². The number of nitriles is 1. The summed E-state index contributed by atoms with van der Waals surface area (Å²) in [6.07, 6.45) is 5.31. The van der Waals surface area contributed by atoms with Crippen molar-refractivity contribution in [2.75, 3.05) is 11.1 Å². The van der Waals surface area contributed by atoms with Crippen molar-refractivity contribution in [2.24, 2.45) is 7.05 Å². The molecular formula is C23H24ClN5O2S2. The Kier molecular flexibility index (Phi) is 7.58. The van der Waals surface area contributed by atoms with E-state index < -0.39 is 0 Å². The number of hydrogen-bond acceptors (Lipinski definition) is 7. The van der Waals surface area contributed by atoms with Crippen LogP contribution in [0.2, 0.25) is 5.02 Å². The largest absolute Gasteiger partial charge is 0.484 e. The summed E-state index contributed by atoms with van der Waals surface area (Å²) in [7, 11) is 1.83. The molecule has 1 aromatic carbocycles. The highest BCUT2D eigenvalue weighted by Crippen LogP contribution is 2.37. The highest BCUT2D eigenvalue weighted by molar-refractivity contribution is 7.99. The Bertz CT molecular complexity index is 1210. The molecule has 2 aromatic heterocycles. The van der Waals surface area contributed by atoms with E-state index in [1.54, 1.807) is 10.6 Å². The lowest BCUT2D eigenvalue weighted by Gasteiger charge is -2.09. The van der Waals surface area contributed by atoms with Crippen molar-refractivity contribution < 1.29 is 9.53 Å². The molecule has 1 N–H and O–H groups in total. The molecule has 1 amide bonds. The maximum absolute atomic E-state index is 12.6. The van der Waals surface area contributed by atoms with E-state index in [9.17, 15) is 10.1 Å². The molecule has 0 saturated heterocycles. The van der Waals surface area contributed by atoms with Gasteiger partial charge in [0.15, 0.2) is 11.0 Å². The SMILES string of the molecule is Cc1ccc(Cl)c(OCc2nnc(SCC(=O)Nc3sc4c(c3C#N)CCCCC4)n2C)c1. The molecule has 1 aliphatic rings. The zero-order valence-electron chi connectivity index (χ0n) is 18.5. The molecule has 0 fully saturated rings. The van der Waals surface area contributed by atoms with Gasteiger partial charge in [0, 0.05) is 11.9 Å². The van der Waals surface area contributed by atoms with Gasteiger partial charge in [0.2, 0.25) is 5.91 Å². The first-order valence-corrected chi connectivity index (χ1v) is 12.9. The first-order chi connectivity index (χ1) is 16.0. The number of hydrogen-bond donors (Lipinski definition) is 1. The lowest BCUT2D eigenvalue weighted by molar-refractivity contribution is -0.113. The number of carbonyl (C=O) groups is 1. The molecule has 0 saturated carbocycles. The van der Waals surface area contributed by atoms with Crippen molar-refractivity contribution >= 4 is 45.6 Å². The standard InChI is InChI=1S/C23H24ClN5O2S2/c1-14-8-9-17(24)18(10-14)31-12-20-27-28-23(29(20)2)32-13-21(30)26-22-16(11-25)15-6-4-3-5-7-19(15)33-22/h8-10H,3-7,12-13H2,1-2H3,(H,26,30). The number of aryl methyl sites for hydroxylation is 2. The minimum atomic E-state index is -0.166. The van der Waals surface area contributed by atoms with E-state index in [1.807, 2.05) is 26.1 Å². The van der Waals surface area contributed by atoms with E-state index in [0.29, 0.717) is 32.3 Å². The predicted molar refractivity (Wildman–Crippen MR) is 131 cm³/mol. The number of anilines is 1. The molecule has 4 rings (SSSR count). The van der Waals surface area contributed by atoms with Crippen molar-refractivity contribution in [1.82, 2.24) is 14.8 Å². The molecule has 0 atom stereocenters. The Labute approximate surface area is 206 Å². The van der Waals surface area contributed by atoms with Gasteiger partial charge in [-0.2, -0.15) is 5.26 Å². The van der Waals surface area contributed by atoms with Crippen LogP contribution >= 0.6 is 34.7 Å². The van der Waals surface area contributed by atoms with Crippen LogP contribution in [0.5, 0.6) is 5.75 Å². The summed E-state index contributed by atoms with van der Waals surface area (Å²) in [6, 6.07) is 7.89. The van der Waals surface area contributed by atoms with Crippen LogP contribution < -0.4 is 10.1 Å². The van der Waals surface area contributed by atoms with E-state index in [2.05, 4.69) is 21.6 Å². The quantitative estimate of drug-likeness (QED) is 0.349. The van der Waals surface area contributed by atoms with Gasteiger partial charge in [-0.3, -0.25) is 4.79 Å². The summed E-state index contributed by atoms with van der Waals surface area (Å²) >= 11 is 9.02. The lowest BCUT2D eigenvalue weighted by atomic mass is 10.1. The Hall–Kier alpha value is -2.54. The van der Waals surface area contributed by atoms with E-state index in [4.69, 9.17) is 16.3 Å². The third-order valence-corrected chi connectivity index (χ3v) is 8.03. The summed E-state index contributed by atoms with van der Waals surface area (Å²) in [5, 5.41) is 22.7. The van der Waals surface area contributed by atoms with Gasteiger partial charge < -0.3 is 14.6 Å². The van der Waals surface area contributed by atoms with Gasteiger partial charge >= 0.3 is 0 Å². The molecule has 0 bridgehead atoms. The molecule has 3 aromatic rings. The van der Waals surface area contributed by atoms with Gasteiger partial charge in [-0.05, 0) is 55.9 Å². The number of ether oxygens (including phenoxy) is 1. The molecule has 10 heteroatoms. The van der Waals surface area contributed by atoms with Gasteiger partial charge in [-0.15, -0.1) is 21.5 Å². The van der Waals surface area contributed by atoms with Crippen molar-refractivity contribution in [3.8, 4) is 11.8 Å². The molecular weight excluding hydrogens is 478 g/mol. The third kappa shape index (κ3) is 5.52. The molecule has 1 aliphatic carbocycles. The van der Waals surface area contributed by atoms with Crippen LogP contribution in [-0.2, 0) is 31.3 Å². The number of thiophene rings is 1. The number of rotatable bonds is 7. The number of halogens is 1. The molecule has 33 heavy (non-hydrogen) atoms. The van der Waals surface area contributed by atoms with Crippen LogP contribution in [0.15, 0.2) is 23.4 Å². The average Bonchev–Trinajstić information content (AvgIpc) is 3.21. The maximum Gasteiger partial charge on any atom is 0.235 e. The fraction of sp³-hybridized carbons (Fsp3) is 0.391. The predicted octanol–water partition coefficient (Wildman–Crippen LogP) is 5.29. The lowest BCUT2D eigenvalue weighted by Crippen LogP contribution is -2.14. The number of fused-ring (bicyclic) bond motifs is 1. The highest BCUT2D eigenvalue weighted by atomic mass is 35.5. The number of thioether (sulfide) groups is 1. The molecule has 0 spiro atoms. The van der Waals surface area contributed by atoms with Crippen molar-refractivity contribution in [2.45, 2.75) is 50.8 Å². The average molecular weight is 502 g/mol. The number of benzene rings is 1. The van der Waals surface area contributed by atoms with Crippen LogP contribution in [-0.4, -0.2) is 26.4 Å². The van der Waals surface area contributed by atoms with E-state index in [-0.39, 0.29) is 18.3 Å². The minimum Gasteiger partial charge on any atom is -0.484 e. The summed E-state index contributed by atoms with van der Waals surface area (Å²) in [4.78, 5) is 13.8. The summed E-state index contributed by atoms with van der Waals surface area (Å²) in [5.41, 5.74) is 2.80. The van der Waals surface area contributed by atoms with E-state index in [1.165, 1.54) is 34.4 Å². The van der Waals surface area contributed by atoms with Crippen LogP contribution in [0.25, 0.3) is 0 Å². The van der Waals surface area contributed by atoms with Crippen LogP contribution in [0.3, 0.4) is 0 Å². The Morgan fingerprint density at radius 2 is 2.15 bits per heavy atom. The summed E-state index contributed by atoms with van der Waals surface area (Å²) < 4.78 is 7.60. The molecule has 0 unspecified atom stereocenters. The fourth-order valence-corrected chi connectivity index (χ4v) is 5.86. The fourth-order valence-electron chi connectivity index (χ4n) is 3.70. The Balaban J connectivity index is 1.35. The van der Waals surface area contributed by atoms with E-state index >= 15 is 0 Å². The smallest absolute Gasteiger partial charge is 0.235 e. The second-order valence-electron chi connectivity index (χ2n) is 7.90.